The van der Waals surface area contributed by atoms with Crippen molar-refractivity contribution in [3.63, 3.8) is 0 Å². The quantitative estimate of drug-likeness (QED) is 0.636. The van der Waals surface area contributed by atoms with E-state index >= 15 is 0 Å². The zero-order chi connectivity index (χ0) is 19.5. The summed E-state index contributed by atoms with van der Waals surface area (Å²) in [5, 5.41) is 4.11. The second kappa shape index (κ2) is 7.80. The van der Waals surface area contributed by atoms with Crippen molar-refractivity contribution in [3.8, 4) is 11.3 Å². The van der Waals surface area contributed by atoms with E-state index in [-0.39, 0.29) is 17.6 Å². The van der Waals surface area contributed by atoms with E-state index in [0.717, 1.165) is 11.1 Å². The lowest BCUT2D eigenvalue weighted by molar-refractivity contribution is 0.0649. The number of carbonyl (C=O) groups excluding carboxylic acids is 2. The first-order chi connectivity index (χ1) is 13.6. The van der Waals surface area contributed by atoms with Crippen molar-refractivity contribution in [2.45, 2.75) is 19.8 Å². The Bertz CT molecular complexity index is 972. The van der Waals surface area contributed by atoms with Crippen LogP contribution in [-0.2, 0) is 0 Å². The van der Waals surface area contributed by atoms with Crippen LogP contribution in [0.3, 0.4) is 0 Å². The van der Waals surface area contributed by atoms with Gasteiger partial charge in [-0.25, -0.2) is 0 Å². The number of rotatable bonds is 4. The molecule has 0 bridgehead atoms. The lowest BCUT2D eigenvalue weighted by atomic mass is 9.88. The van der Waals surface area contributed by atoms with Crippen LogP contribution in [0.15, 0.2) is 65.2 Å². The highest BCUT2D eigenvalue weighted by Gasteiger charge is 2.31. The number of hydrogen-bond donors (Lipinski definition) is 0. The minimum Gasteiger partial charge on any atom is -0.360 e. The van der Waals surface area contributed by atoms with Crippen molar-refractivity contribution < 1.29 is 14.1 Å². The number of benzene rings is 2. The van der Waals surface area contributed by atoms with Crippen LogP contribution in [0.1, 0.15) is 39.3 Å². The van der Waals surface area contributed by atoms with Gasteiger partial charge in [-0.05, 0) is 19.8 Å². The molecule has 0 radical (unpaired) electrons. The Balaban J connectivity index is 1.48. The van der Waals surface area contributed by atoms with E-state index in [1.807, 2.05) is 60.7 Å². The Morgan fingerprint density at radius 1 is 0.964 bits per heavy atom. The Morgan fingerprint density at radius 2 is 1.57 bits per heavy atom. The summed E-state index contributed by atoms with van der Waals surface area (Å²) >= 11 is 0. The molecule has 142 valence electrons. The van der Waals surface area contributed by atoms with Gasteiger partial charge in [0, 0.05) is 30.1 Å². The highest BCUT2D eigenvalue weighted by molar-refractivity contribution is 6.01. The first kappa shape index (κ1) is 18.2. The van der Waals surface area contributed by atoms with Gasteiger partial charge in [0.05, 0.1) is 0 Å². The van der Waals surface area contributed by atoms with Crippen molar-refractivity contribution in [1.29, 1.82) is 0 Å². The van der Waals surface area contributed by atoms with E-state index in [1.54, 1.807) is 11.8 Å². The second-order valence-corrected chi connectivity index (χ2v) is 7.13. The molecule has 5 heteroatoms. The van der Waals surface area contributed by atoms with Crippen molar-refractivity contribution in [2.75, 3.05) is 13.1 Å². The summed E-state index contributed by atoms with van der Waals surface area (Å²) in [6.07, 6.45) is 1.34. The van der Waals surface area contributed by atoms with E-state index < -0.39 is 0 Å². The van der Waals surface area contributed by atoms with Crippen LogP contribution in [0.25, 0.3) is 11.3 Å². The van der Waals surface area contributed by atoms with Gasteiger partial charge in [-0.3, -0.25) is 9.59 Å². The normalized spacial score (nSPS) is 14.8. The third-order valence-electron chi connectivity index (χ3n) is 5.34. The number of Topliss-reactive ketones (excluding diaryl/α,β-unsaturated/α-hetero) is 1. The van der Waals surface area contributed by atoms with Crippen molar-refractivity contribution in [1.82, 2.24) is 10.1 Å². The summed E-state index contributed by atoms with van der Waals surface area (Å²) in [6.45, 7) is 2.88. The number of piperidine rings is 1. The molecule has 0 atom stereocenters. The molecular formula is C23H22N2O3. The molecule has 0 spiro atoms. The van der Waals surface area contributed by atoms with Gasteiger partial charge in [0.25, 0.3) is 5.91 Å². The van der Waals surface area contributed by atoms with Gasteiger partial charge in [0.1, 0.15) is 17.0 Å². The Labute approximate surface area is 164 Å². The Hall–Kier alpha value is -3.21. The Morgan fingerprint density at radius 3 is 2.21 bits per heavy atom. The fraction of sp³-hybridized carbons (Fsp3) is 0.261. The lowest BCUT2D eigenvalue weighted by Crippen LogP contribution is -2.40. The number of amides is 1. The SMILES string of the molecule is Cc1onc(-c2ccccc2)c1C(=O)N1CCC(C(=O)c2ccccc2)CC1. The highest BCUT2D eigenvalue weighted by atomic mass is 16.5. The fourth-order valence-corrected chi connectivity index (χ4v) is 3.76. The Kier molecular flexibility index (Phi) is 5.06. The number of ketones is 1. The van der Waals surface area contributed by atoms with Crippen LogP contribution in [0.5, 0.6) is 0 Å². The monoisotopic (exact) mass is 374 g/mol. The van der Waals surface area contributed by atoms with E-state index in [1.165, 1.54) is 0 Å². The van der Waals surface area contributed by atoms with Crippen molar-refractivity contribution in [2.24, 2.45) is 5.92 Å². The summed E-state index contributed by atoms with van der Waals surface area (Å²) in [7, 11) is 0. The van der Waals surface area contributed by atoms with Crippen LogP contribution in [-0.4, -0.2) is 34.8 Å². The molecule has 1 fully saturated rings. The first-order valence-corrected chi connectivity index (χ1v) is 9.55. The van der Waals surface area contributed by atoms with E-state index in [4.69, 9.17) is 4.52 Å². The molecule has 5 nitrogen and oxygen atoms in total. The zero-order valence-corrected chi connectivity index (χ0v) is 15.8. The summed E-state index contributed by atoms with van der Waals surface area (Å²) < 4.78 is 5.33. The number of nitrogens with zero attached hydrogens (tertiary/aromatic N) is 2. The average molecular weight is 374 g/mol. The van der Waals surface area contributed by atoms with Crippen LogP contribution in [0.2, 0.25) is 0 Å². The first-order valence-electron chi connectivity index (χ1n) is 9.55. The minimum absolute atomic E-state index is 0.0383. The van der Waals surface area contributed by atoms with E-state index in [2.05, 4.69) is 5.16 Å². The van der Waals surface area contributed by atoms with Crippen LogP contribution in [0, 0.1) is 12.8 Å². The summed E-state index contributed by atoms with van der Waals surface area (Å²) in [6, 6.07) is 19.0. The topological polar surface area (TPSA) is 63.4 Å². The number of aromatic nitrogens is 1. The van der Waals surface area contributed by atoms with E-state index in [9.17, 15) is 9.59 Å². The number of aryl methyl sites for hydroxylation is 1. The number of hydrogen-bond acceptors (Lipinski definition) is 4. The van der Waals surface area contributed by atoms with Gasteiger partial charge < -0.3 is 9.42 Å². The maximum atomic E-state index is 13.2. The predicted octanol–water partition coefficient (Wildman–Crippen LogP) is 4.39. The molecule has 0 saturated carbocycles. The van der Waals surface area contributed by atoms with Crippen LogP contribution in [0.4, 0.5) is 0 Å². The maximum absolute atomic E-state index is 13.2. The highest BCUT2D eigenvalue weighted by Crippen LogP contribution is 2.29. The standard InChI is InChI=1S/C23H22N2O3/c1-16-20(21(24-28-16)17-8-4-2-5-9-17)23(27)25-14-12-19(13-15-25)22(26)18-10-6-3-7-11-18/h2-11,19H,12-15H2,1H3. The average Bonchev–Trinajstić information content (AvgIpc) is 3.15. The van der Waals surface area contributed by atoms with Gasteiger partial charge in [0.15, 0.2) is 5.78 Å². The van der Waals surface area contributed by atoms with Gasteiger partial charge in [-0.1, -0.05) is 65.8 Å². The van der Waals surface area contributed by atoms with Gasteiger partial charge in [-0.2, -0.15) is 0 Å². The molecule has 3 aromatic rings. The van der Waals surface area contributed by atoms with Gasteiger partial charge >= 0.3 is 0 Å². The van der Waals surface area contributed by atoms with E-state index in [0.29, 0.717) is 42.9 Å². The smallest absolute Gasteiger partial charge is 0.259 e. The maximum Gasteiger partial charge on any atom is 0.259 e. The number of likely N-dealkylation sites (tertiary alicyclic amines) is 1. The van der Waals surface area contributed by atoms with Crippen LogP contribution >= 0.6 is 0 Å². The molecule has 0 N–H and O–H groups in total. The molecular weight excluding hydrogens is 352 g/mol. The fourth-order valence-electron chi connectivity index (χ4n) is 3.76. The van der Waals surface area contributed by atoms with Crippen molar-refractivity contribution >= 4 is 11.7 Å². The molecule has 28 heavy (non-hydrogen) atoms. The summed E-state index contributed by atoms with van der Waals surface area (Å²) in [5.74, 6) is 0.567. The molecule has 4 rings (SSSR count). The molecule has 2 aromatic carbocycles. The molecule has 2 heterocycles. The molecule has 1 saturated heterocycles. The number of carbonyl (C=O) groups is 2. The van der Waals surface area contributed by atoms with Crippen LogP contribution < -0.4 is 0 Å². The molecule has 1 aromatic heterocycles. The zero-order valence-electron chi connectivity index (χ0n) is 15.8. The summed E-state index contributed by atoms with van der Waals surface area (Å²) in [5.41, 5.74) is 2.69. The largest absolute Gasteiger partial charge is 0.360 e. The molecule has 1 aliphatic heterocycles. The molecule has 0 unspecified atom stereocenters. The second-order valence-electron chi connectivity index (χ2n) is 7.13. The van der Waals surface area contributed by atoms with Gasteiger partial charge in [0.2, 0.25) is 0 Å². The molecule has 1 aliphatic rings. The van der Waals surface area contributed by atoms with Gasteiger partial charge in [-0.15, -0.1) is 0 Å². The minimum atomic E-state index is -0.0804. The van der Waals surface area contributed by atoms with Crippen molar-refractivity contribution in [3.05, 3.63) is 77.6 Å². The third kappa shape index (κ3) is 3.48. The predicted molar refractivity (Wildman–Crippen MR) is 106 cm³/mol. The third-order valence-corrected chi connectivity index (χ3v) is 5.34. The summed E-state index contributed by atoms with van der Waals surface area (Å²) in [4.78, 5) is 27.6. The molecule has 1 amide bonds. The lowest BCUT2D eigenvalue weighted by Gasteiger charge is -2.31. The molecule has 0 aliphatic carbocycles.